The van der Waals surface area contributed by atoms with E-state index in [1.165, 1.54) is 48.2 Å². The van der Waals surface area contributed by atoms with Gasteiger partial charge >= 0.3 is 12.1 Å². The molecule has 0 aliphatic heterocycles. The molecule has 0 aliphatic carbocycles. The average Bonchev–Trinajstić information content (AvgIpc) is 3.06. The molecule has 0 bridgehead atoms. The van der Waals surface area contributed by atoms with Gasteiger partial charge in [-0.2, -0.15) is 18.3 Å². The van der Waals surface area contributed by atoms with Crippen molar-refractivity contribution in [2.24, 2.45) is 0 Å². The van der Waals surface area contributed by atoms with Crippen molar-refractivity contribution in [3.05, 3.63) is 54.2 Å². The van der Waals surface area contributed by atoms with E-state index in [1.54, 1.807) is 12.1 Å². The number of benzene rings is 2. The van der Waals surface area contributed by atoms with Crippen molar-refractivity contribution in [3.8, 4) is 22.4 Å². The maximum atomic E-state index is 14.0. The molecule has 6 nitrogen and oxygen atoms in total. The molecule has 164 valence electrons. The van der Waals surface area contributed by atoms with Gasteiger partial charge in [0.1, 0.15) is 12.2 Å². The lowest BCUT2D eigenvalue weighted by molar-refractivity contribution is -0.146. The fourth-order valence-electron chi connectivity index (χ4n) is 3.09. The number of alkyl halides is 3. The minimum absolute atomic E-state index is 0.00290. The van der Waals surface area contributed by atoms with E-state index in [2.05, 4.69) is 5.10 Å². The molecule has 2 aromatic carbocycles. The fraction of sp³-hybridized carbons (Fsp3) is 0.200. The zero-order chi connectivity index (χ0) is 23.0. The molecule has 31 heavy (non-hydrogen) atoms. The number of thioether (sulfide) groups is 1. The molecule has 3 aromatic rings. The van der Waals surface area contributed by atoms with Gasteiger partial charge in [0.2, 0.25) is 0 Å². The molecule has 0 saturated heterocycles. The van der Waals surface area contributed by atoms with Gasteiger partial charge in [-0.1, -0.05) is 24.3 Å². The summed E-state index contributed by atoms with van der Waals surface area (Å²) in [6, 6.07) is 11.6. The van der Waals surface area contributed by atoms with Crippen molar-refractivity contribution in [1.29, 1.82) is 0 Å². The molecule has 1 aromatic heterocycles. The largest absolute Gasteiger partial charge is 0.480 e. The van der Waals surface area contributed by atoms with Crippen molar-refractivity contribution >= 4 is 27.6 Å². The Kier molecular flexibility index (Phi) is 6.19. The van der Waals surface area contributed by atoms with Crippen LogP contribution in [-0.2, 0) is 27.4 Å². The van der Waals surface area contributed by atoms with Gasteiger partial charge in [-0.15, -0.1) is 11.8 Å². The second-order valence-electron chi connectivity index (χ2n) is 6.65. The monoisotopic (exact) mass is 470 g/mol. The molecule has 0 amide bonds. The summed E-state index contributed by atoms with van der Waals surface area (Å²) in [5.74, 6) is -1.48. The SMILES string of the molecule is CSc1ccc(-c2c(-c3ccc(S(C)(=O)=O)cc3)nn(CC(=O)O)c2C(F)(F)F)cc1. The molecule has 0 saturated carbocycles. The summed E-state index contributed by atoms with van der Waals surface area (Å²) in [6.45, 7) is -0.980. The van der Waals surface area contributed by atoms with Crippen LogP contribution >= 0.6 is 11.8 Å². The van der Waals surface area contributed by atoms with E-state index in [1.807, 2.05) is 6.26 Å². The highest BCUT2D eigenvalue weighted by atomic mass is 32.2. The third-order valence-corrected chi connectivity index (χ3v) is 6.31. The first-order chi connectivity index (χ1) is 14.4. The van der Waals surface area contributed by atoms with Crippen molar-refractivity contribution in [2.75, 3.05) is 12.5 Å². The number of sulfone groups is 1. The number of hydrogen-bond acceptors (Lipinski definition) is 5. The van der Waals surface area contributed by atoms with E-state index in [0.717, 1.165) is 11.2 Å². The van der Waals surface area contributed by atoms with Crippen LogP contribution in [-0.4, -0.2) is 41.8 Å². The van der Waals surface area contributed by atoms with E-state index >= 15 is 0 Å². The molecule has 0 unspecified atom stereocenters. The molecule has 0 atom stereocenters. The number of rotatable bonds is 6. The number of carbonyl (C=O) groups is 1. The standard InChI is InChI=1S/C20H17F3N2O4S2/c1-30-14-7-3-12(4-8-14)17-18(13-5-9-15(10-6-13)31(2,28)29)24-25(11-16(26)27)19(17)20(21,22)23/h3-10H,11H2,1-2H3,(H,26,27). The molecule has 3 rings (SSSR count). The summed E-state index contributed by atoms with van der Waals surface area (Å²) in [6.07, 6.45) is -2.03. The van der Waals surface area contributed by atoms with Gasteiger partial charge in [-0.05, 0) is 36.1 Å². The Hall–Kier alpha value is -2.79. The molecular weight excluding hydrogens is 453 g/mol. The Morgan fingerprint density at radius 3 is 2.06 bits per heavy atom. The Morgan fingerprint density at radius 2 is 1.61 bits per heavy atom. The zero-order valence-electron chi connectivity index (χ0n) is 16.3. The van der Waals surface area contributed by atoms with Crippen LogP contribution in [0.2, 0.25) is 0 Å². The molecule has 0 aliphatic rings. The first-order valence-corrected chi connectivity index (χ1v) is 11.9. The van der Waals surface area contributed by atoms with Crippen LogP contribution in [0.3, 0.4) is 0 Å². The predicted molar refractivity (Wildman–Crippen MR) is 111 cm³/mol. The van der Waals surface area contributed by atoms with Crippen LogP contribution in [0, 0.1) is 0 Å². The smallest absolute Gasteiger partial charge is 0.433 e. The lowest BCUT2D eigenvalue weighted by Gasteiger charge is -2.12. The highest BCUT2D eigenvalue weighted by Gasteiger charge is 2.41. The summed E-state index contributed by atoms with van der Waals surface area (Å²) in [4.78, 5) is 12.0. The van der Waals surface area contributed by atoms with Gasteiger partial charge in [0, 0.05) is 22.3 Å². The van der Waals surface area contributed by atoms with Crippen molar-refractivity contribution in [1.82, 2.24) is 9.78 Å². The average molecular weight is 470 g/mol. The lowest BCUT2D eigenvalue weighted by atomic mass is 9.98. The van der Waals surface area contributed by atoms with Crippen LogP contribution < -0.4 is 0 Å². The van der Waals surface area contributed by atoms with Crippen LogP contribution in [0.25, 0.3) is 22.4 Å². The zero-order valence-corrected chi connectivity index (χ0v) is 18.0. The number of carboxylic acid groups (broad SMARTS) is 1. The first kappa shape index (κ1) is 22.9. The molecule has 1 N–H and O–H groups in total. The Bertz CT molecular complexity index is 1220. The van der Waals surface area contributed by atoms with E-state index in [-0.39, 0.29) is 27.3 Å². The van der Waals surface area contributed by atoms with E-state index < -0.39 is 34.2 Å². The summed E-state index contributed by atoms with van der Waals surface area (Å²) in [7, 11) is -3.50. The number of carboxylic acids is 1. The quantitative estimate of drug-likeness (QED) is 0.536. The summed E-state index contributed by atoms with van der Waals surface area (Å²) in [5.41, 5.74) is -1.11. The van der Waals surface area contributed by atoms with E-state index in [0.29, 0.717) is 4.68 Å². The van der Waals surface area contributed by atoms with Gasteiger partial charge in [-0.25, -0.2) is 13.1 Å². The summed E-state index contributed by atoms with van der Waals surface area (Å²) in [5, 5.41) is 13.1. The Balaban J connectivity index is 2.31. The highest BCUT2D eigenvalue weighted by molar-refractivity contribution is 7.98. The van der Waals surface area contributed by atoms with Gasteiger partial charge in [0.25, 0.3) is 0 Å². The van der Waals surface area contributed by atoms with Crippen LogP contribution in [0.1, 0.15) is 5.69 Å². The fourth-order valence-corrected chi connectivity index (χ4v) is 4.12. The van der Waals surface area contributed by atoms with E-state index in [4.69, 9.17) is 5.11 Å². The molecule has 1 heterocycles. The van der Waals surface area contributed by atoms with Crippen molar-refractivity contribution in [2.45, 2.75) is 22.5 Å². The number of halogens is 3. The summed E-state index contributed by atoms with van der Waals surface area (Å²) < 4.78 is 65.8. The first-order valence-electron chi connectivity index (χ1n) is 8.76. The van der Waals surface area contributed by atoms with Crippen LogP contribution in [0.4, 0.5) is 13.2 Å². The van der Waals surface area contributed by atoms with Crippen molar-refractivity contribution < 1.29 is 31.5 Å². The van der Waals surface area contributed by atoms with Gasteiger partial charge < -0.3 is 5.11 Å². The Labute approximate surface area is 180 Å². The normalized spacial score (nSPS) is 12.2. The van der Waals surface area contributed by atoms with Gasteiger partial charge in [-0.3, -0.25) is 4.79 Å². The number of aromatic nitrogens is 2. The molecule has 11 heteroatoms. The van der Waals surface area contributed by atoms with Crippen molar-refractivity contribution in [3.63, 3.8) is 0 Å². The maximum absolute atomic E-state index is 14.0. The molecule has 0 spiro atoms. The second kappa shape index (κ2) is 8.39. The third kappa shape index (κ3) is 4.93. The minimum atomic E-state index is -4.87. The van der Waals surface area contributed by atoms with Gasteiger partial charge in [0.05, 0.1) is 4.90 Å². The molecular formula is C20H17F3N2O4S2. The number of aliphatic carboxylic acids is 1. The molecule has 0 fully saturated rings. The number of hydrogen-bond donors (Lipinski definition) is 1. The minimum Gasteiger partial charge on any atom is -0.480 e. The van der Waals surface area contributed by atoms with Crippen LogP contribution in [0.15, 0.2) is 58.3 Å². The lowest BCUT2D eigenvalue weighted by Crippen LogP contribution is -2.19. The van der Waals surface area contributed by atoms with Crippen LogP contribution in [0.5, 0.6) is 0 Å². The number of nitrogens with zero attached hydrogens (tertiary/aromatic N) is 2. The summed E-state index contributed by atoms with van der Waals surface area (Å²) >= 11 is 1.42. The second-order valence-corrected chi connectivity index (χ2v) is 9.54. The van der Waals surface area contributed by atoms with E-state index in [9.17, 15) is 26.4 Å². The Morgan fingerprint density at radius 1 is 1.06 bits per heavy atom. The molecule has 0 radical (unpaired) electrons. The third-order valence-electron chi connectivity index (χ3n) is 4.44. The topological polar surface area (TPSA) is 89.3 Å². The highest BCUT2D eigenvalue weighted by Crippen LogP contribution is 2.43. The maximum Gasteiger partial charge on any atom is 0.433 e. The van der Waals surface area contributed by atoms with Gasteiger partial charge in [0.15, 0.2) is 15.5 Å². The predicted octanol–water partition coefficient (Wildman–Crippen LogP) is 4.45.